The predicted octanol–water partition coefficient (Wildman–Crippen LogP) is 5.10. The number of aromatic nitrogens is 3. The van der Waals surface area contributed by atoms with Crippen LogP contribution in [0.15, 0.2) is 27.7 Å². The van der Waals surface area contributed by atoms with E-state index in [1.165, 1.54) is 6.42 Å². The van der Waals surface area contributed by atoms with E-state index < -0.39 is 11.6 Å². The topological polar surface area (TPSA) is 64.3 Å². The fraction of sp³-hybridized carbons (Fsp3) is 0.682. The van der Waals surface area contributed by atoms with Crippen LogP contribution in [0, 0.1) is 17.8 Å². The molecule has 1 saturated heterocycles. The minimum absolute atomic E-state index is 0.0339. The maximum atomic E-state index is 13.3. The number of hydrogen-bond donors (Lipinski definition) is 0. The zero-order chi connectivity index (χ0) is 22.3. The predicted molar refractivity (Wildman–Crippen MR) is 114 cm³/mol. The molecule has 2 saturated carbocycles. The van der Waals surface area contributed by atoms with Crippen LogP contribution in [0.2, 0.25) is 0 Å². The number of alkyl halides is 3. The highest BCUT2D eigenvalue weighted by Crippen LogP contribution is 2.58. The Labute approximate surface area is 189 Å². The van der Waals surface area contributed by atoms with Gasteiger partial charge in [-0.1, -0.05) is 0 Å². The van der Waals surface area contributed by atoms with Crippen molar-refractivity contribution in [3.63, 3.8) is 0 Å². The van der Waals surface area contributed by atoms with E-state index >= 15 is 0 Å². The summed E-state index contributed by atoms with van der Waals surface area (Å²) in [5.41, 5.74) is -1.91. The number of hydrogen-bond acceptors (Lipinski definition) is 7. The zero-order valence-corrected chi connectivity index (χ0v) is 18.8. The lowest BCUT2D eigenvalue weighted by atomic mass is 9.90. The molecule has 3 fully saturated rings. The Kier molecular flexibility index (Phi) is 5.75. The normalized spacial score (nSPS) is 25.1. The molecule has 0 amide bonds. The molecule has 3 aliphatic rings. The maximum absolute atomic E-state index is 13.3. The minimum atomic E-state index is -4.33. The van der Waals surface area contributed by atoms with Gasteiger partial charge in [-0.2, -0.15) is 18.2 Å². The smallest absolute Gasteiger partial charge is 0.403 e. The summed E-state index contributed by atoms with van der Waals surface area (Å²) in [5.74, 6) is 2.75. The van der Waals surface area contributed by atoms with Gasteiger partial charge < -0.3 is 14.2 Å². The van der Waals surface area contributed by atoms with Crippen LogP contribution in [0.25, 0.3) is 0 Å². The van der Waals surface area contributed by atoms with Crippen molar-refractivity contribution in [2.75, 3.05) is 30.9 Å². The maximum Gasteiger partial charge on any atom is 0.403 e. The number of halogens is 3. The number of ether oxygens (including phenoxy) is 1. The third kappa shape index (κ3) is 4.30. The molecule has 3 heterocycles. The van der Waals surface area contributed by atoms with Crippen LogP contribution < -0.4 is 9.64 Å². The fourth-order valence-corrected chi connectivity index (χ4v) is 5.24. The summed E-state index contributed by atoms with van der Waals surface area (Å²) in [6.45, 7) is 2.19. The summed E-state index contributed by atoms with van der Waals surface area (Å²) in [5, 5.41) is 3.86. The Balaban J connectivity index is 1.06. The summed E-state index contributed by atoms with van der Waals surface area (Å²) in [7, 11) is 0. The van der Waals surface area contributed by atoms with Crippen LogP contribution in [0.3, 0.4) is 0 Å². The van der Waals surface area contributed by atoms with Crippen molar-refractivity contribution in [3.8, 4) is 5.88 Å². The Hall–Kier alpha value is -1.97. The van der Waals surface area contributed by atoms with Crippen LogP contribution in [0.4, 0.5) is 19.1 Å². The van der Waals surface area contributed by atoms with Gasteiger partial charge in [-0.15, -0.1) is 11.8 Å². The molecule has 174 valence electrons. The molecular weight excluding hydrogens is 441 g/mol. The molecule has 0 bridgehead atoms. The molecular formula is C22H27F3N4O2S. The van der Waals surface area contributed by atoms with Crippen molar-refractivity contribution < 1.29 is 22.4 Å². The summed E-state index contributed by atoms with van der Waals surface area (Å²) < 4.78 is 50.6. The van der Waals surface area contributed by atoms with Gasteiger partial charge in [-0.3, -0.25) is 0 Å². The summed E-state index contributed by atoms with van der Waals surface area (Å²) in [6, 6.07) is 3.93. The molecule has 2 aromatic heterocycles. The lowest BCUT2D eigenvalue weighted by Gasteiger charge is -2.31. The van der Waals surface area contributed by atoms with E-state index in [0.29, 0.717) is 36.2 Å². The van der Waals surface area contributed by atoms with Gasteiger partial charge in [-0.25, -0.2) is 4.98 Å². The van der Waals surface area contributed by atoms with E-state index in [-0.39, 0.29) is 18.7 Å². The third-order valence-corrected chi connectivity index (χ3v) is 7.92. The number of nitrogens with zero attached hydrogens (tertiary/aromatic N) is 4. The van der Waals surface area contributed by atoms with Crippen molar-refractivity contribution in [2.45, 2.75) is 55.0 Å². The van der Waals surface area contributed by atoms with Gasteiger partial charge in [0.1, 0.15) is 5.41 Å². The Morgan fingerprint density at radius 1 is 1.25 bits per heavy atom. The number of rotatable bonds is 8. The summed E-state index contributed by atoms with van der Waals surface area (Å²) in [6.07, 6.45) is 3.86. The summed E-state index contributed by atoms with van der Waals surface area (Å²) >= 11 is 1.66. The molecule has 1 aliphatic heterocycles. The van der Waals surface area contributed by atoms with Crippen LogP contribution in [-0.2, 0) is 5.41 Å². The molecule has 2 atom stereocenters. The second kappa shape index (κ2) is 8.43. The van der Waals surface area contributed by atoms with Crippen LogP contribution in [0.1, 0.15) is 44.4 Å². The molecule has 32 heavy (non-hydrogen) atoms. The van der Waals surface area contributed by atoms with Crippen LogP contribution in [0.5, 0.6) is 5.88 Å². The van der Waals surface area contributed by atoms with Crippen LogP contribution >= 0.6 is 11.8 Å². The van der Waals surface area contributed by atoms with Crippen molar-refractivity contribution in [2.24, 2.45) is 17.8 Å². The first-order chi connectivity index (χ1) is 15.4. The van der Waals surface area contributed by atoms with Gasteiger partial charge in [0.15, 0.2) is 0 Å². The van der Waals surface area contributed by atoms with Gasteiger partial charge in [0.25, 0.3) is 5.95 Å². The highest BCUT2D eigenvalue weighted by molar-refractivity contribution is 7.98. The van der Waals surface area contributed by atoms with Crippen molar-refractivity contribution in [1.82, 2.24) is 15.1 Å². The second-order valence-electron chi connectivity index (χ2n) is 9.14. The molecule has 10 heteroatoms. The number of anilines is 1. The average Bonchev–Trinajstić information content (AvgIpc) is 3.71. The Bertz CT molecular complexity index is 924. The fourth-order valence-electron chi connectivity index (χ4n) is 4.88. The standard InChI is InChI=1S/C22H27F3N4O2S/c1-32-16-2-3-18(26-13-16)30-11-6-15-12-17(15)14-4-9-29(10-5-14)20-27-19(31-28-20)21(7-8-21)22(23,24)25/h2-3,13-15,17H,4-12H2,1H3. The molecule has 2 aliphatic carbocycles. The van der Waals surface area contributed by atoms with E-state index in [9.17, 15) is 13.2 Å². The molecule has 6 nitrogen and oxygen atoms in total. The molecule has 0 spiro atoms. The summed E-state index contributed by atoms with van der Waals surface area (Å²) in [4.78, 5) is 11.5. The molecule has 2 unspecified atom stereocenters. The first kappa shape index (κ1) is 21.9. The first-order valence-corrected chi connectivity index (χ1v) is 12.4. The molecule has 0 aromatic carbocycles. The Morgan fingerprint density at radius 2 is 2.03 bits per heavy atom. The van der Waals surface area contributed by atoms with Gasteiger partial charge in [0.05, 0.1) is 6.61 Å². The largest absolute Gasteiger partial charge is 0.478 e. The molecule has 0 radical (unpaired) electrons. The third-order valence-electron chi connectivity index (χ3n) is 7.21. The quantitative estimate of drug-likeness (QED) is 0.499. The average molecular weight is 469 g/mol. The van der Waals surface area contributed by atoms with Crippen molar-refractivity contribution >= 4 is 17.7 Å². The van der Waals surface area contributed by atoms with Crippen LogP contribution in [-0.4, -0.2) is 47.3 Å². The molecule has 2 aromatic rings. The number of piperidine rings is 1. The highest BCUT2D eigenvalue weighted by Gasteiger charge is 2.68. The zero-order valence-electron chi connectivity index (χ0n) is 18.0. The minimum Gasteiger partial charge on any atom is -0.478 e. The van der Waals surface area contributed by atoms with E-state index in [1.807, 2.05) is 29.5 Å². The van der Waals surface area contributed by atoms with Gasteiger partial charge in [0.2, 0.25) is 11.8 Å². The van der Waals surface area contributed by atoms with Gasteiger partial charge in [-0.05, 0) is 73.8 Å². The SMILES string of the molecule is CSc1ccc(OCCC2CC2C2CCN(c3noc(C4(C(F)(F)F)CC4)n3)CC2)nc1. The number of thioether (sulfide) groups is 1. The van der Waals surface area contributed by atoms with Crippen molar-refractivity contribution in [3.05, 3.63) is 24.2 Å². The lowest BCUT2D eigenvalue weighted by molar-refractivity contribution is -0.166. The molecule has 0 N–H and O–H groups in total. The highest BCUT2D eigenvalue weighted by atomic mass is 32.2. The first-order valence-electron chi connectivity index (χ1n) is 11.2. The Morgan fingerprint density at radius 3 is 2.66 bits per heavy atom. The van der Waals surface area contributed by atoms with Gasteiger partial charge in [0, 0.05) is 30.2 Å². The van der Waals surface area contributed by atoms with E-state index in [0.717, 1.165) is 37.2 Å². The lowest BCUT2D eigenvalue weighted by Crippen LogP contribution is -2.35. The second-order valence-corrected chi connectivity index (χ2v) is 10.0. The van der Waals surface area contributed by atoms with Gasteiger partial charge >= 0.3 is 6.18 Å². The molecule has 5 rings (SSSR count). The van der Waals surface area contributed by atoms with Crippen molar-refractivity contribution in [1.29, 1.82) is 0 Å². The van der Waals surface area contributed by atoms with E-state index in [2.05, 4.69) is 15.1 Å². The monoisotopic (exact) mass is 468 g/mol. The number of pyridine rings is 1. The van der Waals surface area contributed by atoms with E-state index in [1.54, 1.807) is 11.8 Å². The van der Waals surface area contributed by atoms with E-state index in [4.69, 9.17) is 9.26 Å².